The Morgan fingerprint density at radius 3 is 2.74 bits per heavy atom. The molecule has 1 aromatic carbocycles. The average Bonchev–Trinajstić information content (AvgIpc) is 2.41. The Bertz CT molecular complexity index is 555. The minimum absolute atomic E-state index is 0.0612. The van der Waals surface area contributed by atoms with E-state index in [-0.39, 0.29) is 11.3 Å². The largest absolute Gasteiger partial charge is 0.494 e. The molecule has 0 fully saturated rings. The quantitative estimate of drug-likeness (QED) is 0.886. The van der Waals surface area contributed by atoms with Crippen molar-refractivity contribution in [1.82, 2.24) is 0 Å². The van der Waals surface area contributed by atoms with Crippen molar-refractivity contribution in [1.29, 1.82) is 0 Å². The maximum atomic E-state index is 11.8. The number of nitrogens with one attached hydrogen (secondary N) is 1. The van der Waals surface area contributed by atoms with E-state index in [0.717, 1.165) is 0 Å². The van der Waals surface area contributed by atoms with Gasteiger partial charge in [0, 0.05) is 10.2 Å². The second-order valence-corrected chi connectivity index (χ2v) is 4.51. The summed E-state index contributed by atoms with van der Waals surface area (Å²) in [4.78, 5) is 22.8. The molecule has 0 saturated carbocycles. The molecule has 0 spiro atoms. The highest BCUT2D eigenvalue weighted by Gasteiger charge is 2.16. The number of carboxylic acid groups (broad SMARTS) is 1. The molecule has 0 aromatic heterocycles. The number of carbonyl (C=O) groups is 2. The van der Waals surface area contributed by atoms with Gasteiger partial charge in [-0.05, 0) is 34.1 Å². The number of anilines is 1. The van der Waals surface area contributed by atoms with Gasteiger partial charge in [0.25, 0.3) is 5.91 Å². The van der Waals surface area contributed by atoms with Gasteiger partial charge in [0.15, 0.2) is 0 Å². The highest BCUT2D eigenvalue weighted by atomic mass is 79.9. The fraction of sp³-hybridized carbons (Fsp3) is 0.167. The second-order valence-electron chi connectivity index (χ2n) is 3.66. The number of rotatable bonds is 3. The van der Waals surface area contributed by atoms with Crippen LogP contribution in [0.3, 0.4) is 0 Å². The molecule has 19 heavy (non-hydrogen) atoms. The maximum absolute atomic E-state index is 11.8. The summed E-state index contributed by atoms with van der Waals surface area (Å²) < 4.78 is 10.5. The minimum Gasteiger partial charge on any atom is -0.494 e. The molecular weight excluding hydrogens is 318 g/mol. The number of amides is 1. The van der Waals surface area contributed by atoms with Crippen molar-refractivity contribution in [3.05, 3.63) is 40.3 Å². The van der Waals surface area contributed by atoms with Gasteiger partial charge in [0.2, 0.25) is 5.76 Å². The van der Waals surface area contributed by atoms with Crippen molar-refractivity contribution in [3.8, 4) is 0 Å². The standard InChI is InChI=1S/C12H10BrNO5/c13-9-2-1-7(5-8(9)12(16)17)14-11(15)10-6-18-3-4-19-10/h1-2,5-6H,3-4H2,(H,14,15)(H,16,17). The zero-order valence-electron chi connectivity index (χ0n) is 9.68. The zero-order chi connectivity index (χ0) is 13.8. The molecule has 0 unspecified atom stereocenters. The van der Waals surface area contributed by atoms with Crippen LogP contribution in [0.15, 0.2) is 34.7 Å². The van der Waals surface area contributed by atoms with Crippen molar-refractivity contribution in [2.45, 2.75) is 0 Å². The van der Waals surface area contributed by atoms with Gasteiger partial charge in [-0.25, -0.2) is 4.79 Å². The first-order valence-corrected chi connectivity index (χ1v) is 6.16. The molecule has 6 nitrogen and oxygen atoms in total. The number of aromatic carboxylic acids is 1. The molecule has 1 aliphatic rings. The fourth-order valence-electron chi connectivity index (χ4n) is 1.45. The Kier molecular flexibility index (Phi) is 4.06. The van der Waals surface area contributed by atoms with E-state index in [4.69, 9.17) is 14.6 Å². The van der Waals surface area contributed by atoms with Crippen molar-refractivity contribution in [2.75, 3.05) is 18.5 Å². The van der Waals surface area contributed by atoms with Gasteiger partial charge < -0.3 is 19.9 Å². The van der Waals surface area contributed by atoms with E-state index in [9.17, 15) is 9.59 Å². The first kappa shape index (κ1) is 13.4. The van der Waals surface area contributed by atoms with Crippen LogP contribution in [0.4, 0.5) is 5.69 Å². The summed E-state index contributed by atoms with van der Waals surface area (Å²) >= 11 is 3.12. The number of benzene rings is 1. The van der Waals surface area contributed by atoms with E-state index >= 15 is 0 Å². The molecule has 100 valence electrons. The number of hydrogen-bond acceptors (Lipinski definition) is 4. The van der Waals surface area contributed by atoms with Crippen LogP contribution in [0, 0.1) is 0 Å². The third-order valence-corrected chi connectivity index (χ3v) is 3.02. The van der Waals surface area contributed by atoms with Crippen LogP contribution in [-0.2, 0) is 14.3 Å². The van der Waals surface area contributed by atoms with Crippen LogP contribution in [0.5, 0.6) is 0 Å². The van der Waals surface area contributed by atoms with Crippen LogP contribution < -0.4 is 5.32 Å². The molecule has 0 atom stereocenters. The molecule has 2 N–H and O–H groups in total. The maximum Gasteiger partial charge on any atom is 0.336 e. The number of hydrogen-bond donors (Lipinski definition) is 2. The third kappa shape index (κ3) is 3.25. The van der Waals surface area contributed by atoms with Gasteiger partial charge in [0.1, 0.15) is 19.5 Å². The van der Waals surface area contributed by atoms with Crippen LogP contribution >= 0.6 is 15.9 Å². The number of halogens is 1. The lowest BCUT2D eigenvalue weighted by Gasteiger charge is -2.15. The Labute approximate surface area is 117 Å². The van der Waals surface area contributed by atoms with Crippen molar-refractivity contribution in [2.24, 2.45) is 0 Å². The topological polar surface area (TPSA) is 84.9 Å². The molecule has 1 aliphatic heterocycles. The Morgan fingerprint density at radius 1 is 1.32 bits per heavy atom. The van der Waals surface area contributed by atoms with Crippen molar-refractivity contribution >= 4 is 33.5 Å². The van der Waals surface area contributed by atoms with E-state index in [1.54, 1.807) is 12.1 Å². The lowest BCUT2D eigenvalue weighted by atomic mass is 10.2. The molecule has 1 heterocycles. The highest BCUT2D eigenvalue weighted by molar-refractivity contribution is 9.10. The summed E-state index contributed by atoms with van der Waals surface area (Å²) in [6.45, 7) is 0.707. The van der Waals surface area contributed by atoms with Crippen LogP contribution in [0.2, 0.25) is 0 Å². The molecule has 0 aliphatic carbocycles. The number of carbonyl (C=O) groups excluding carboxylic acids is 1. The highest BCUT2D eigenvalue weighted by Crippen LogP contribution is 2.21. The van der Waals surface area contributed by atoms with E-state index in [0.29, 0.717) is 23.4 Å². The molecule has 7 heteroatoms. The average molecular weight is 328 g/mol. The van der Waals surface area contributed by atoms with Crippen LogP contribution in [0.1, 0.15) is 10.4 Å². The molecule has 1 amide bonds. The predicted octanol–water partition coefficient (Wildman–Crippen LogP) is 1.97. The van der Waals surface area contributed by atoms with E-state index in [1.165, 1.54) is 12.3 Å². The van der Waals surface area contributed by atoms with E-state index < -0.39 is 11.9 Å². The smallest absolute Gasteiger partial charge is 0.336 e. The molecule has 0 bridgehead atoms. The molecule has 2 rings (SSSR count). The molecule has 0 saturated heterocycles. The first-order chi connectivity index (χ1) is 9.08. The predicted molar refractivity (Wildman–Crippen MR) is 69.7 cm³/mol. The SMILES string of the molecule is O=C(Nc1ccc(Br)c(C(=O)O)c1)C1=COCCO1. The normalized spacial score (nSPS) is 13.8. The Morgan fingerprint density at radius 2 is 2.11 bits per heavy atom. The van der Waals surface area contributed by atoms with E-state index in [2.05, 4.69) is 21.2 Å². The van der Waals surface area contributed by atoms with Gasteiger partial charge in [-0.1, -0.05) is 0 Å². The second kappa shape index (κ2) is 5.75. The van der Waals surface area contributed by atoms with E-state index in [1.807, 2.05) is 0 Å². The number of ether oxygens (including phenoxy) is 2. The Balaban J connectivity index is 2.15. The molecule has 1 aromatic rings. The molecular formula is C12H10BrNO5. The summed E-state index contributed by atoms with van der Waals surface area (Å²) in [5.74, 6) is -1.51. The van der Waals surface area contributed by atoms with Crippen molar-refractivity contribution < 1.29 is 24.2 Å². The van der Waals surface area contributed by atoms with Gasteiger partial charge in [0.05, 0.1) is 5.56 Å². The Hall–Kier alpha value is -2.02. The lowest BCUT2D eigenvalue weighted by Crippen LogP contribution is -2.21. The fourth-order valence-corrected chi connectivity index (χ4v) is 1.86. The summed E-state index contributed by atoms with van der Waals surface area (Å²) in [6.07, 6.45) is 1.23. The van der Waals surface area contributed by atoms with Crippen LogP contribution in [-0.4, -0.2) is 30.2 Å². The summed E-state index contributed by atoms with van der Waals surface area (Å²) in [6, 6.07) is 4.49. The lowest BCUT2D eigenvalue weighted by molar-refractivity contribution is -0.117. The minimum atomic E-state index is -1.08. The monoisotopic (exact) mass is 327 g/mol. The van der Waals surface area contributed by atoms with Gasteiger partial charge in [-0.3, -0.25) is 4.79 Å². The third-order valence-electron chi connectivity index (χ3n) is 2.33. The van der Waals surface area contributed by atoms with Crippen LogP contribution in [0.25, 0.3) is 0 Å². The zero-order valence-corrected chi connectivity index (χ0v) is 11.3. The number of carboxylic acids is 1. The summed E-state index contributed by atoms with van der Waals surface area (Å²) in [7, 11) is 0. The first-order valence-electron chi connectivity index (χ1n) is 5.36. The van der Waals surface area contributed by atoms with Gasteiger partial charge in [-0.15, -0.1) is 0 Å². The molecule has 0 radical (unpaired) electrons. The van der Waals surface area contributed by atoms with Gasteiger partial charge >= 0.3 is 5.97 Å². The van der Waals surface area contributed by atoms with Gasteiger partial charge in [-0.2, -0.15) is 0 Å². The van der Waals surface area contributed by atoms with Crippen molar-refractivity contribution in [3.63, 3.8) is 0 Å². The summed E-state index contributed by atoms with van der Waals surface area (Å²) in [5.41, 5.74) is 0.424. The summed E-state index contributed by atoms with van der Waals surface area (Å²) in [5, 5.41) is 11.5.